The SMILES string of the molecule is CC(Cc1nnc(NC(=O)CCCc2ccccc2)s1)c1ccccc1. The van der Waals surface area contributed by atoms with Gasteiger partial charge in [0.1, 0.15) is 5.01 Å². The number of anilines is 1. The molecule has 134 valence electrons. The van der Waals surface area contributed by atoms with Gasteiger partial charge in [0.05, 0.1) is 0 Å². The van der Waals surface area contributed by atoms with Crippen LogP contribution in [-0.4, -0.2) is 16.1 Å². The highest BCUT2D eigenvalue weighted by atomic mass is 32.1. The lowest BCUT2D eigenvalue weighted by Crippen LogP contribution is -2.11. The largest absolute Gasteiger partial charge is 0.301 e. The van der Waals surface area contributed by atoms with E-state index in [1.807, 2.05) is 36.4 Å². The van der Waals surface area contributed by atoms with Crippen LogP contribution in [0, 0.1) is 0 Å². The summed E-state index contributed by atoms with van der Waals surface area (Å²) in [5.74, 6) is 0.373. The van der Waals surface area contributed by atoms with Gasteiger partial charge >= 0.3 is 0 Å². The molecule has 26 heavy (non-hydrogen) atoms. The molecule has 0 saturated carbocycles. The smallest absolute Gasteiger partial charge is 0.226 e. The van der Waals surface area contributed by atoms with Crippen LogP contribution in [0.1, 0.15) is 41.8 Å². The molecular formula is C21H23N3OS. The Bertz CT molecular complexity index is 818. The molecule has 0 radical (unpaired) electrons. The third-order valence-corrected chi connectivity index (χ3v) is 5.14. The Morgan fingerprint density at radius 1 is 1.04 bits per heavy atom. The molecule has 0 spiro atoms. The second kappa shape index (κ2) is 9.25. The van der Waals surface area contributed by atoms with Crippen LogP contribution in [0.25, 0.3) is 0 Å². The van der Waals surface area contributed by atoms with Crippen LogP contribution in [-0.2, 0) is 17.6 Å². The molecule has 0 bridgehead atoms. The van der Waals surface area contributed by atoms with Gasteiger partial charge in [0.25, 0.3) is 0 Å². The number of carbonyl (C=O) groups is 1. The number of amides is 1. The fourth-order valence-corrected chi connectivity index (χ4v) is 3.71. The number of carbonyl (C=O) groups excluding carboxylic acids is 1. The van der Waals surface area contributed by atoms with Gasteiger partial charge in [-0.2, -0.15) is 0 Å². The zero-order valence-corrected chi connectivity index (χ0v) is 15.7. The molecule has 5 heteroatoms. The average molecular weight is 366 g/mol. The van der Waals surface area contributed by atoms with Crippen LogP contribution in [0.4, 0.5) is 5.13 Å². The molecule has 2 aromatic carbocycles. The van der Waals surface area contributed by atoms with Crippen molar-refractivity contribution < 1.29 is 4.79 Å². The minimum atomic E-state index is -0.000242. The Morgan fingerprint density at radius 2 is 1.73 bits per heavy atom. The van der Waals surface area contributed by atoms with E-state index < -0.39 is 0 Å². The quantitative estimate of drug-likeness (QED) is 0.621. The average Bonchev–Trinajstić information content (AvgIpc) is 3.10. The molecule has 1 atom stereocenters. The van der Waals surface area contributed by atoms with Crippen LogP contribution in [0.3, 0.4) is 0 Å². The lowest BCUT2D eigenvalue weighted by molar-refractivity contribution is -0.116. The predicted octanol–water partition coefficient (Wildman–Crippen LogP) is 4.85. The van der Waals surface area contributed by atoms with Crippen molar-refractivity contribution in [1.82, 2.24) is 10.2 Å². The fourth-order valence-electron chi connectivity index (χ4n) is 2.83. The Hall–Kier alpha value is -2.53. The van der Waals surface area contributed by atoms with Crippen LogP contribution in [0.15, 0.2) is 60.7 Å². The molecule has 1 N–H and O–H groups in total. The molecule has 4 nitrogen and oxygen atoms in total. The van der Waals surface area contributed by atoms with Gasteiger partial charge in [-0.05, 0) is 29.9 Å². The number of nitrogens with zero attached hydrogens (tertiary/aromatic N) is 2. The van der Waals surface area contributed by atoms with Crippen LogP contribution >= 0.6 is 11.3 Å². The molecule has 3 aromatic rings. The fraction of sp³-hybridized carbons (Fsp3) is 0.286. The van der Waals surface area contributed by atoms with E-state index in [1.165, 1.54) is 22.5 Å². The van der Waals surface area contributed by atoms with E-state index in [0.717, 1.165) is 24.3 Å². The second-order valence-corrected chi connectivity index (χ2v) is 7.47. The van der Waals surface area contributed by atoms with E-state index in [0.29, 0.717) is 17.5 Å². The van der Waals surface area contributed by atoms with Gasteiger partial charge in [0, 0.05) is 12.8 Å². The van der Waals surface area contributed by atoms with Gasteiger partial charge in [0.2, 0.25) is 11.0 Å². The lowest BCUT2D eigenvalue weighted by Gasteiger charge is -2.08. The molecule has 0 aliphatic carbocycles. The van der Waals surface area contributed by atoms with Crippen molar-refractivity contribution in [3.05, 3.63) is 76.8 Å². The van der Waals surface area contributed by atoms with E-state index >= 15 is 0 Å². The molecule has 0 saturated heterocycles. The number of aromatic nitrogens is 2. The van der Waals surface area contributed by atoms with Gasteiger partial charge in [0.15, 0.2) is 0 Å². The van der Waals surface area contributed by atoms with E-state index in [4.69, 9.17) is 0 Å². The van der Waals surface area contributed by atoms with Crippen molar-refractivity contribution in [2.75, 3.05) is 5.32 Å². The summed E-state index contributed by atoms with van der Waals surface area (Å²) in [6.45, 7) is 2.18. The van der Waals surface area contributed by atoms with Gasteiger partial charge in [-0.25, -0.2) is 0 Å². The van der Waals surface area contributed by atoms with E-state index in [-0.39, 0.29) is 5.91 Å². The molecule has 3 rings (SSSR count). The number of rotatable bonds is 8. The number of aryl methyl sites for hydroxylation is 1. The predicted molar refractivity (Wildman–Crippen MR) is 106 cm³/mol. The van der Waals surface area contributed by atoms with Crippen molar-refractivity contribution >= 4 is 22.4 Å². The summed E-state index contributed by atoms with van der Waals surface area (Å²) in [6.07, 6.45) is 3.05. The number of hydrogen-bond acceptors (Lipinski definition) is 4. The summed E-state index contributed by atoms with van der Waals surface area (Å²) >= 11 is 1.46. The normalized spacial score (nSPS) is 11.9. The molecule has 1 amide bonds. The van der Waals surface area contributed by atoms with Crippen LogP contribution < -0.4 is 5.32 Å². The summed E-state index contributed by atoms with van der Waals surface area (Å²) in [7, 11) is 0. The van der Waals surface area contributed by atoms with Gasteiger partial charge in [-0.3, -0.25) is 4.79 Å². The van der Waals surface area contributed by atoms with Crippen molar-refractivity contribution in [2.24, 2.45) is 0 Å². The minimum Gasteiger partial charge on any atom is -0.301 e. The molecule has 0 aliphatic rings. The van der Waals surface area contributed by atoms with E-state index in [2.05, 4.69) is 46.7 Å². The zero-order chi connectivity index (χ0) is 18.2. The summed E-state index contributed by atoms with van der Waals surface area (Å²) in [5.41, 5.74) is 2.54. The van der Waals surface area contributed by atoms with Crippen LogP contribution in [0.5, 0.6) is 0 Å². The van der Waals surface area contributed by atoms with E-state index in [9.17, 15) is 4.79 Å². The van der Waals surface area contributed by atoms with Gasteiger partial charge in [-0.15, -0.1) is 10.2 Å². The summed E-state index contributed by atoms with van der Waals surface area (Å²) in [6, 6.07) is 20.6. The first-order chi connectivity index (χ1) is 12.7. The van der Waals surface area contributed by atoms with Gasteiger partial charge in [-0.1, -0.05) is 78.9 Å². The monoisotopic (exact) mass is 365 g/mol. The summed E-state index contributed by atoms with van der Waals surface area (Å²) < 4.78 is 0. The third-order valence-electron chi connectivity index (χ3n) is 4.27. The molecule has 1 aromatic heterocycles. The molecule has 1 unspecified atom stereocenters. The molecular weight excluding hydrogens is 342 g/mol. The topological polar surface area (TPSA) is 54.9 Å². The first-order valence-corrected chi connectivity index (χ1v) is 9.73. The first-order valence-electron chi connectivity index (χ1n) is 8.92. The number of nitrogens with one attached hydrogen (secondary N) is 1. The second-order valence-electron chi connectivity index (χ2n) is 6.40. The van der Waals surface area contributed by atoms with Crippen LogP contribution in [0.2, 0.25) is 0 Å². The number of hydrogen-bond donors (Lipinski definition) is 1. The lowest BCUT2D eigenvalue weighted by atomic mass is 9.98. The van der Waals surface area contributed by atoms with E-state index in [1.54, 1.807) is 0 Å². The maximum Gasteiger partial charge on any atom is 0.226 e. The highest BCUT2D eigenvalue weighted by Crippen LogP contribution is 2.24. The third kappa shape index (κ3) is 5.49. The van der Waals surface area contributed by atoms with Gasteiger partial charge < -0.3 is 5.32 Å². The number of benzene rings is 2. The Balaban J connectivity index is 1.45. The molecule has 0 aliphatic heterocycles. The summed E-state index contributed by atoms with van der Waals surface area (Å²) in [5, 5.41) is 12.7. The Labute approximate surface area is 158 Å². The van der Waals surface area contributed by atoms with Crippen molar-refractivity contribution in [3.8, 4) is 0 Å². The van der Waals surface area contributed by atoms with Crippen molar-refractivity contribution in [1.29, 1.82) is 0 Å². The highest BCUT2D eigenvalue weighted by molar-refractivity contribution is 7.15. The molecule has 0 fully saturated rings. The Morgan fingerprint density at radius 3 is 2.46 bits per heavy atom. The summed E-state index contributed by atoms with van der Waals surface area (Å²) in [4.78, 5) is 12.1. The van der Waals surface area contributed by atoms with Crippen molar-refractivity contribution in [3.63, 3.8) is 0 Å². The first kappa shape index (κ1) is 18.3. The van der Waals surface area contributed by atoms with Crippen molar-refractivity contribution in [2.45, 2.75) is 38.5 Å². The zero-order valence-electron chi connectivity index (χ0n) is 14.9. The minimum absolute atomic E-state index is 0.000242. The maximum absolute atomic E-state index is 12.1. The standard InChI is InChI=1S/C21H23N3OS/c1-16(18-12-6-3-7-13-18)15-20-23-24-21(26-20)22-19(25)14-8-11-17-9-4-2-5-10-17/h2-7,9-10,12-13,16H,8,11,14-15H2,1H3,(H,22,24,25). The highest BCUT2D eigenvalue weighted by Gasteiger charge is 2.12. The Kier molecular flexibility index (Phi) is 6.50. The molecule has 1 heterocycles. The maximum atomic E-state index is 12.1.